The highest BCUT2D eigenvalue weighted by Gasteiger charge is 2.23. The number of hydrogen-bond acceptors (Lipinski definition) is 8. The molecular weight excluding hydrogens is 386 g/mol. The van der Waals surface area contributed by atoms with E-state index in [9.17, 15) is 8.42 Å². The van der Waals surface area contributed by atoms with Crippen molar-refractivity contribution in [1.82, 2.24) is 24.5 Å². The van der Waals surface area contributed by atoms with Gasteiger partial charge in [0.25, 0.3) is 0 Å². The summed E-state index contributed by atoms with van der Waals surface area (Å²) in [7, 11) is -1.01. The number of rotatable bonds is 5. The third-order valence-electron chi connectivity index (χ3n) is 4.98. The van der Waals surface area contributed by atoms with Crippen LogP contribution in [0.3, 0.4) is 0 Å². The third-order valence-corrected chi connectivity index (χ3v) is 7.41. The Morgan fingerprint density at radius 2 is 1.89 bits per heavy atom. The molecule has 0 saturated carbocycles. The van der Waals surface area contributed by atoms with Crippen LogP contribution in [-0.2, 0) is 16.3 Å². The third kappa shape index (κ3) is 5.52. The lowest BCUT2D eigenvalue weighted by molar-refractivity contribution is 0.296. The van der Waals surface area contributed by atoms with Crippen molar-refractivity contribution in [3.8, 4) is 0 Å². The minimum Gasteiger partial charge on any atom is -0.355 e. The van der Waals surface area contributed by atoms with Crippen LogP contribution < -0.4 is 10.2 Å². The number of anilines is 1. The van der Waals surface area contributed by atoms with Crippen molar-refractivity contribution in [1.29, 1.82) is 0 Å². The zero-order valence-corrected chi connectivity index (χ0v) is 17.7. The van der Waals surface area contributed by atoms with Gasteiger partial charge in [0.2, 0.25) is 5.13 Å². The van der Waals surface area contributed by atoms with Crippen molar-refractivity contribution >= 4 is 32.5 Å². The van der Waals surface area contributed by atoms with Crippen molar-refractivity contribution in [2.24, 2.45) is 4.99 Å². The van der Waals surface area contributed by atoms with E-state index < -0.39 is 9.84 Å². The topological polar surface area (TPSA) is 94.0 Å². The molecule has 1 aromatic heterocycles. The van der Waals surface area contributed by atoms with Gasteiger partial charge in [-0.15, -0.1) is 0 Å². The average Bonchev–Trinajstić information content (AvgIpc) is 3.16. The number of guanidine groups is 1. The highest BCUT2D eigenvalue weighted by molar-refractivity contribution is 7.91. The fourth-order valence-electron chi connectivity index (χ4n) is 3.26. The molecule has 0 amide bonds. The number of aryl methyl sites for hydroxylation is 1. The Kier molecular flexibility index (Phi) is 6.88. The van der Waals surface area contributed by atoms with Crippen LogP contribution in [0.15, 0.2) is 4.99 Å². The quantitative estimate of drug-likeness (QED) is 0.510. The Labute approximate surface area is 165 Å². The summed E-state index contributed by atoms with van der Waals surface area (Å²) >= 11 is 1.48. The highest BCUT2D eigenvalue weighted by Crippen LogP contribution is 2.19. The summed E-state index contributed by atoms with van der Waals surface area (Å²) in [5.41, 5.74) is 0. The van der Waals surface area contributed by atoms with Crippen molar-refractivity contribution < 1.29 is 8.42 Å². The zero-order chi connectivity index (χ0) is 19.3. The highest BCUT2D eigenvalue weighted by atomic mass is 32.2. The molecule has 2 fully saturated rings. The van der Waals surface area contributed by atoms with E-state index in [1.807, 2.05) is 0 Å². The predicted molar refractivity (Wildman–Crippen MR) is 110 cm³/mol. The van der Waals surface area contributed by atoms with Gasteiger partial charge in [-0.2, -0.15) is 4.37 Å². The molecule has 152 valence electrons. The summed E-state index contributed by atoms with van der Waals surface area (Å²) in [4.78, 5) is 15.7. The molecule has 0 atom stereocenters. The van der Waals surface area contributed by atoms with Gasteiger partial charge in [0, 0.05) is 77.4 Å². The Morgan fingerprint density at radius 3 is 2.48 bits per heavy atom. The van der Waals surface area contributed by atoms with Crippen molar-refractivity contribution in [2.45, 2.75) is 13.3 Å². The molecule has 2 aliphatic heterocycles. The van der Waals surface area contributed by atoms with E-state index in [-0.39, 0.29) is 11.5 Å². The molecule has 2 saturated heterocycles. The van der Waals surface area contributed by atoms with Crippen LogP contribution in [0.5, 0.6) is 0 Å². The van der Waals surface area contributed by atoms with Crippen LogP contribution >= 0.6 is 11.5 Å². The van der Waals surface area contributed by atoms with Crippen LogP contribution in [0.2, 0.25) is 0 Å². The first-order valence-corrected chi connectivity index (χ1v) is 12.1. The molecule has 0 aliphatic carbocycles. The van der Waals surface area contributed by atoms with E-state index in [0.717, 1.165) is 62.6 Å². The second-order valence-corrected chi connectivity index (χ2v) is 9.82. The SMILES string of the molecule is CCc1nsc(N2CCN(C(=NC)NCCN3CCS(=O)(=O)CC3)CC2)n1. The molecule has 0 aromatic carbocycles. The van der Waals surface area contributed by atoms with E-state index in [1.165, 1.54) is 11.5 Å². The van der Waals surface area contributed by atoms with Gasteiger partial charge in [0.15, 0.2) is 15.8 Å². The fraction of sp³-hybridized carbons (Fsp3) is 0.812. The molecule has 11 heteroatoms. The normalized spacial score (nSPS) is 21.5. The molecule has 3 heterocycles. The number of aromatic nitrogens is 2. The maximum Gasteiger partial charge on any atom is 0.205 e. The van der Waals surface area contributed by atoms with Crippen LogP contribution in [0.4, 0.5) is 5.13 Å². The number of nitrogens with zero attached hydrogens (tertiary/aromatic N) is 6. The monoisotopic (exact) mass is 415 g/mol. The maximum atomic E-state index is 11.5. The number of nitrogens with one attached hydrogen (secondary N) is 1. The lowest BCUT2D eigenvalue weighted by atomic mass is 10.3. The molecule has 0 radical (unpaired) electrons. The summed E-state index contributed by atoms with van der Waals surface area (Å²) < 4.78 is 27.4. The van der Waals surface area contributed by atoms with Gasteiger partial charge in [-0.05, 0) is 0 Å². The summed E-state index contributed by atoms with van der Waals surface area (Å²) in [5.74, 6) is 2.37. The van der Waals surface area contributed by atoms with E-state index in [0.29, 0.717) is 13.1 Å². The largest absolute Gasteiger partial charge is 0.355 e. The van der Waals surface area contributed by atoms with Gasteiger partial charge in [0.05, 0.1) is 11.5 Å². The molecule has 3 rings (SSSR count). The van der Waals surface area contributed by atoms with Crippen molar-refractivity contribution in [3.63, 3.8) is 0 Å². The molecule has 0 bridgehead atoms. The van der Waals surface area contributed by atoms with Crippen LogP contribution in [0.1, 0.15) is 12.7 Å². The molecule has 27 heavy (non-hydrogen) atoms. The van der Waals surface area contributed by atoms with E-state index >= 15 is 0 Å². The van der Waals surface area contributed by atoms with Crippen LogP contribution in [0.25, 0.3) is 0 Å². The van der Waals surface area contributed by atoms with Crippen LogP contribution in [-0.4, -0.2) is 104 Å². The first kappa shape index (κ1) is 20.3. The number of aliphatic imine (C=N–C) groups is 1. The van der Waals surface area contributed by atoms with Crippen LogP contribution in [0, 0.1) is 0 Å². The zero-order valence-electron chi connectivity index (χ0n) is 16.1. The summed E-state index contributed by atoms with van der Waals surface area (Å²) in [5, 5.41) is 4.42. The molecule has 2 aliphatic rings. The Bertz CT molecular complexity index is 728. The summed E-state index contributed by atoms with van der Waals surface area (Å²) in [6, 6.07) is 0. The number of piperazine rings is 1. The molecule has 1 N–H and O–H groups in total. The number of hydrogen-bond donors (Lipinski definition) is 1. The first-order chi connectivity index (χ1) is 13.0. The van der Waals surface area contributed by atoms with E-state index in [1.54, 1.807) is 7.05 Å². The minimum absolute atomic E-state index is 0.273. The average molecular weight is 416 g/mol. The molecule has 1 aromatic rings. The van der Waals surface area contributed by atoms with E-state index in [2.05, 4.69) is 41.3 Å². The Balaban J connectivity index is 1.41. The van der Waals surface area contributed by atoms with Crippen molar-refractivity contribution in [3.05, 3.63) is 5.82 Å². The van der Waals surface area contributed by atoms with Gasteiger partial charge in [-0.3, -0.25) is 9.89 Å². The van der Waals surface area contributed by atoms with Gasteiger partial charge in [-0.1, -0.05) is 6.92 Å². The summed E-state index contributed by atoms with van der Waals surface area (Å²) in [6.45, 7) is 8.52. The molecule has 9 nitrogen and oxygen atoms in total. The Hall–Kier alpha value is -1.46. The van der Waals surface area contributed by atoms with Gasteiger partial charge in [-0.25, -0.2) is 13.4 Å². The minimum atomic E-state index is -2.81. The smallest absolute Gasteiger partial charge is 0.205 e. The van der Waals surface area contributed by atoms with Gasteiger partial charge >= 0.3 is 0 Å². The molecular formula is C16H29N7O2S2. The lowest BCUT2D eigenvalue weighted by Gasteiger charge is -2.36. The van der Waals surface area contributed by atoms with E-state index in [4.69, 9.17) is 0 Å². The second-order valence-electron chi connectivity index (χ2n) is 6.79. The van der Waals surface area contributed by atoms with Gasteiger partial charge < -0.3 is 15.1 Å². The molecule has 0 spiro atoms. The number of sulfone groups is 1. The standard InChI is InChI=1S/C16H29N7O2S2/c1-3-14-19-16(26-20-14)23-8-6-22(7-9-23)15(17-2)18-4-5-21-10-12-27(24,25)13-11-21/h3-13H2,1-2H3,(H,17,18). The maximum absolute atomic E-state index is 11.5. The van der Waals surface area contributed by atoms with Crippen molar-refractivity contribution in [2.75, 3.05) is 75.8 Å². The molecule has 0 unspecified atom stereocenters. The first-order valence-electron chi connectivity index (χ1n) is 9.46. The second kappa shape index (κ2) is 9.16. The summed E-state index contributed by atoms with van der Waals surface area (Å²) in [6.07, 6.45) is 0.871. The lowest BCUT2D eigenvalue weighted by Crippen LogP contribution is -2.53. The van der Waals surface area contributed by atoms with Gasteiger partial charge in [0.1, 0.15) is 5.82 Å². The Morgan fingerprint density at radius 1 is 1.19 bits per heavy atom. The fourth-order valence-corrected chi connectivity index (χ4v) is 5.34. The predicted octanol–water partition coefficient (Wildman–Crippen LogP) is -0.472.